The van der Waals surface area contributed by atoms with Crippen molar-refractivity contribution in [3.63, 3.8) is 0 Å². The van der Waals surface area contributed by atoms with Crippen molar-refractivity contribution >= 4 is 35.2 Å². The maximum atomic E-state index is 13.8. The SMILES string of the molecule is CC(c1ccccc1)N1[C@@H](C(C)(C)C)C(=O)N(C(=O)O)[C@]1(c1c(Cl)cccc1Cl)[C@@H](C)O. The van der Waals surface area contributed by atoms with E-state index < -0.39 is 41.3 Å². The van der Waals surface area contributed by atoms with Crippen molar-refractivity contribution in [3.05, 3.63) is 69.7 Å². The van der Waals surface area contributed by atoms with Crippen molar-refractivity contribution in [1.29, 1.82) is 0 Å². The topological polar surface area (TPSA) is 81.1 Å². The average molecular weight is 479 g/mol. The predicted molar refractivity (Wildman–Crippen MR) is 125 cm³/mol. The molecule has 2 aromatic carbocycles. The monoisotopic (exact) mass is 478 g/mol. The summed E-state index contributed by atoms with van der Waals surface area (Å²) < 4.78 is 0. The molecule has 1 heterocycles. The molecule has 8 heteroatoms. The average Bonchev–Trinajstić information content (AvgIpc) is 2.98. The summed E-state index contributed by atoms with van der Waals surface area (Å²) in [5, 5.41) is 21.8. The molecule has 0 aliphatic carbocycles. The summed E-state index contributed by atoms with van der Waals surface area (Å²) in [6, 6.07) is 12.9. The number of amides is 2. The van der Waals surface area contributed by atoms with Gasteiger partial charge in [-0.1, -0.05) is 80.4 Å². The number of rotatable bonds is 4. The van der Waals surface area contributed by atoms with Gasteiger partial charge in [0.2, 0.25) is 0 Å². The molecule has 1 aliphatic heterocycles. The number of carbonyl (C=O) groups is 2. The number of benzene rings is 2. The third kappa shape index (κ3) is 3.69. The molecule has 1 fully saturated rings. The Morgan fingerprint density at radius 1 is 1.03 bits per heavy atom. The Bertz CT molecular complexity index is 1000. The van der Waals surface area contributed by atoms with Gasteiger partial charge in [0.1, 0.15) is 0 Å². The maximum Gasteiger partial charge on any atom is 0.416 e. The van der Waals surface area contributed by atoms with Crippen molar-refractivity contribution in [1.82, 2.24) is 9.80 Å². The van der Waals surface area contributed by atoms with Crippen LogP contribution in [-0.2, 0) is 10.5 Å². The summed E-state index contributed by atoms with van der Waals surface area (Å²) in [5.41, 5.74) is -1.47. The highest BCUT2D eigenvalue weighted by atomic mass is 35.5. The molecule has 172 valence electrons. The third-order valence-corrected chi connectivity index (χ3v) is 6.72. The molecule has 2 aromatic rings. The van der Waals surface area contributed by atoms with Gasteiger partial charge in [0.15, 0.2) is 5.66 Å². The van der Waals surface area contributed by atoms with Crippen LogP contribution in [0, 0.1) is 5.41 Å². The summed E-state index contributed by atoms with van der Waals surface area (Å²) in [6.07, 6.45) is -2.83. The summed E-state index contributed by atoms with van der Waals surface area (Å²) in [7, 11) is 0. The molecule has 1 saturated heterocycles. The zero-order valence-corrected chi connectivity index (χ0v) is 20.2. The van der Waals surface area contributed by atoms with Crippen LogP contribution in [0.5, 0.6) is 0 Å². The lowest BCUT2D eigenvalue weighted by Crippen LogP contribution is -2.61. The number of nitrogens with zero attached hydrogens (tertiary/aromatic N) is 2. The van der Waals surface area contributed by atoms with Crippen LogP contribution in [0.15, 0.2) is 48.5 Å². The molecular formula is C24H28Cl2N2O4. The number of aliphatic hydroxyl groups is 1. The van der Waals surface area contributed by atoms with Crippen LogP contribution < -0.4 is 0 Å². The van der Waals surface area contributed by atoms with Crippen molar-refractivity contribution in [2.24, 2.45) is 5.41 Å². The Labute approximate surface area is 198 Å². The van der Waals surface area contributed by atoms with E-state index in [4.69, 9.17) is 23.2 Å². The minimum absolute atomic E-state index is 0.164. The van der Waals surface area contributed by atoms with Gasteiger partial charge in [-0.2, -0.15) is 0 Å². The van der Waals surface area contributed by atoms with Crippen molar-refractivity contribution in [3.8, 4) is 0 Å². The molecule has 0 saturated carbocycles. The standard InChI is InChI=1S/C24H28Cl2N2O4/c1-14(16-10-7-6-8-11-16)27-20(23(3,4)5)21(30)28(22(31)32)24(27,15(2)29)19-17(25)12-9-13-18(19)26/h6-15,20,29H,1-5H3,(H,31,32)/t14?,15-,20-,24+/m1/s1. The molecule has 3 rings (SSSR count). The van der Waals surface area contributed by atoms with Gasteiger partial charge in [-0.25, -0.2) is 9.69 Å². The molecule has 2 N–H and O–H groups in total. The van der Waals surface area contributed by atoms with E-state index in [-0.39, 0.29) is 15.6 Å². The first kappa shape index (κ1) is 24.5. The fraction of sp³-hybridized carbons (Fsp3) is 0.417. The second kappa shape index (κ2) is 8.67. The molecule has 0 spiro atoms. The summed E-state index contributed by atoms with van der Waals surface area (Å²) in [5.74, 6) is -0.635. The molecule has 32 heavy (non-hydrogen) atoms. The number of hydrogen-bond acceptors (Lipinski definition) is 4. The molecule has 0 radical (unpaired) electrons. The van der Waals surface area contributed by atoms with E-state index in [9.17, 15) is 19.8 Å². The Hall–Kier alpha value is -2.12. The lowest BCUT2D eigenvalue weighted by Gasteiger charge is -2.49. The highest BCUT2D eigenvalue weighted by Crippen LogP contribution is 2.54. The third-order valence-electron chi connectivity index (χ3n) is 6.09. The van der Waals surface area contributed by atoms with Crippen molar-refractivity contribution < 1.29 is 19.8 Å². The normalized spacial score (nSPS) is 23.9. The number of aliphatic hydroxyl groups excluding tert-OH is 1. The Balaban J connectivity index is 2.47. The van der Waals surface area contributed by atoms with Crippen LogP contribution in [0.2, 0.25) is 10.0 Å². The zero-order chi connectivity index (χ0) is 24.0. The van der Waals surface area contributed by atoms with E-state index in [0.717, 1.165) is 5.56 Å². The van der Waals surface area contributed by atoms with Crippen LogP contribution >= 0.6 is 23.2 Å². The molecule has 0 aromatic heterocycles. The second-order valence-corrected chi connectivity index (χ2v) is 10.0. The van der Waals surface area contributed by atoms with Crippen LogP contribution in [0.1, 0.15) is 51.8 Å². The van der Waals surface area contributed by atoms with Gasteiger partial charge >= 0.3 is 6.09 Å². The Kier molecular flexibility index (Phi) is 6.64. The maximum absolute atomic E-state index is 13.8. The lowest BCUT2D eigenvalue weighted by atomic mass is 9.82. The lowest BCUT2D eigenvalue weighted by molar-refractivity contribution is -0.135. The smallest absolute Gasteiger partial charge is 0.416 e. The highest BCUT2D eigenvalue weighted by Gasteiger charge is 2.67. The van der Waals surface area contributed by atoms with Gasteiger partial charge in [0.05, 0.1) is 12.1 Å². The first-order chi connectivity index (χ1) is 14.9. The summed E-state index contributed by atoms with van der Waals surface area (Å²) >= 11 is 13.2. The predicted octanol–water partition coefficient (Wildman–Crippen LogP) is 5.53. The Morgan fingerprint density at radius 2 is 1.56 bits per heavy atom. The Morgan fingerprint density at radius 3 is 2.00 bits per heavy atom. The quantitative estimate of drug-likeness (QED) is 0.603. The molecular weight excluding hydrogens is 451 g/mol. The molecule has 1 unspecified atom stereocenters. The van der Waals surface area contributed by atoms with Gasteiger partial charge in [-0.3, -0.25) is 9.69 Å². The number of hydrogen-bond donors (Lipinski definition) is 2. The number of carboxylic acid groups (broad SMARTS) is 1. The molecule has 6 nitrogen and oxygen atoms in total. The highest BCUT2D eigenvalue weighted by molar-refractivity contribution is 6.36. The summed E-state index contributed by atoms with van der Waals surface area (Å²) in [4.78, 5) is 28.8. The van der Waals surface area contributed by atoms with E-state index in [1.807, 2.05) is 58.0 Å². The number of halogens is 2. The van der Waals surface area contributed by atoms with Gasteiger partial charge in [-0.05, 0) is 37.0 Å². The number of imide groups is 1. The largest absolute Gasteiger partial charge is 0.465 e. The molecule has 2 amide bonds. The van der Waals surface area contributed by atoms with Crippen LogP contribution in [0.25, 0.3) is 0 Å². The first-order valence-electron chi connectivity index (χ1n) is 10.4. The van der Waals surface area contributed by atoms with E-state index in [1.165, 1.54) is 6.92 Å². The van der Waals surface area contributed by atoms with E-state index in [0.29, 0.717) is 4.90 Å². The van der Waals surface area contributed by atoms with Crippen LogP contribution in [-0.4, -0.2) is 44.2 Å². The number of carbonyl (C=O) groups excluding carboxylic acids is 1. The van der Waals surface area contributed by atoms with Gasteiger partial charge in [0, 0.05) is 21.7 Å². The fourth-order valence-corrected chi connectivity index (χ4v) is 5.54. The van der Waals surface area contributed by atoms with E-state index in [2.05, 4.69) is 0 Å². The van der Waals surface area contributed by atoms with E-state index >= 15 is 0 Å². The fourth-order valence-electron chi connectivity index (χ4n) is 4.86. The minimum atomic E-state index is -1.84. The minimum Gasteiger partial charge on any atom is -0.465 e. The first-order valence-corrected chi connectivity index (χ1v) is 11.1. The molecule has 4 atom stereocenters. The van der Waals surface area contributed by atoms with E-state index in [1.54, 1.807) is 23.1 Å². The molecule has 1 aliphatic rings. The van der Waals surface area contributed by atoms with Gasteiger partial charge < -0.3 is 10.2 Å². The molecule has 0 bridgehead atoms. The summed E-state index contributed by atoms with van der Waals surface area (Å²) in [6.45, 7) is 8.94. The van der Waals surface area contributed by atoms with Gasteiger partial charge in [0.25, 0.3) is 5.91 Å². The van der Waals surface area contributed by atoms with Crippen LogP contribution in [0.4, 0.5) is 4.79 Å². The second-order valence-electron chi connectivity index (χ2n) is 9.22. The van der Waals surface area contributed by atoms with Crippen molar-refractivity contribution in [2.75, 3.05) is 0 Å². The van der Waals surface area contributed by atoms with Crippen molar-refractivity contribution in [2.45, 2.75) is 58.5 Å². The van der Waals surface area contributed by atoms with Crippen LogP contribution in [0.3, 0.4) is 0 Å². The van der Waals surface area contributed by atoms with Gasteiger partial charge in [-0.15, -0.1) is 0 Å². The zero-order valence-electron chi connectivity index (χ0n) is 18.7.